The molecule has 1 heterocycles. The molecule has 2 aromatic rings. The minimum atomic E-state index is -0.0595. The summed E-state index contributed by atoms with van der Waals surface area (Å²) in [7, 11) is 5.68. The fraction of sp³-hybridized carbons (Fsp3) is 0.333. The van der Waals surface area contributed by atoms with Gasteiger partial charge in [0.2, 0.25) is 5.91 Å². The molecule has 0 radical (unpaired) electrons. The number of hydrogen-bond donors (Lipinski definition) is 0. The number of anilines is 1. The molecule has 0 bridgehead atoms. The van der Waals surface area contributed by atoms with E-state index in [-0.39, 0.29) is 11.9 Å². The van der Waals surface area contributed by atoms with Gasteiger partial charge in [0.25, 0.3) is 0 Å². The van der Waals surface area contributed by atoms with Crippen molar-refractivity contribution in [2.24, 2.45) is 5.10 Å². The first-order chi connectivity index (χ1) is 12.5. The van der Waals surface area contributed by atoms with E-state index in [1.165, 1.54) is 0 Å². The molecule has 2 aromatic carbocycles. The van der Waals surface area contributed by atoms with Gasteiger partial charge in [-0.25, -0.2) is 5.01 Å². The van der Waals surface area contributed by atoms with Crippen LogP contribution in [-0.2, 0) is 4.79 Å². The first-order valence-corrected chi connectivity index (χ1v) is 8.84. The standard InChI is InChI=1S/C21H25N3O2/c1-5-21(25)24-20(16-6-10-17(11-7-16)23(2)3)14-19(22-24)15-8-12-18(26-4)13-9-15/h6-13,20H,5,14H2,1-4H3/t20-/m1/s1. The lowest BCUT2D eigenvalue weighted by Gasteiger charge is -2.22. The summed E-state index contributed by atoms with van der Waals surface area (Å²) in [5.41, 5.74) is 4.18. The van der Waals surface area contributed by atoms with Crippen LogP contribution in [0.25, 0.3) is 0 Å². The fourth-order valence-corrected chi connectivity index (χ4v) is 3.11. The van der Waals surface area contributed by atoms with Crippen LogP contribution in [0.15, 0.2) is 53.6 Å². The lowest BCUT2D eigenvalue weighted by Crippen LogP contribution is -2.26. The number of hydrazone groups is 1. The Morgan fingerprint density at radius 2 is 1.81 bits per heavy atom. The van der Waals surface area contributed by atoms with Crippen LogP contribution in [0.3, 0.4) is 0 Å². The van der Waals surface area contributed by atoms with E-state index < -0.39 is 0 Å². The maximum atomic E-state index is 12.4. The van der Waals surface area contributed by atoms with Gasteiger partial charge < -0.3 is 9.64 Å². The topological polar surface area (TPSA) is 45.1 Å². The van der Waals surface area contributed by atoms with Crippen LogP contribution in [0, 0.1) is 0 Å². The van der Waals surface area contributed by atoms with E-state index in [1.54, 1.807) is 12.1 Å². The number of hydrogen-bond acceptors (Lipinski definition) is 4. The second-order valence-electron chi connectivity index (χ2n) is 6.57. The molecule has 3 rings (SSSR count). The van der Waals surface area contributed by atoms with E-state index in [9.17, 15) is 4.79 Å². The predicted molar refractivity (Wildman–Crippen MR) is 105 cm³/mol. The highest BCUT2D eigenvalue weighted by Crippen LogP contribution is 2.34. The van der Waals surface area contributed by atoms with Gasteiger partial charge in [0.1, 0.15) is 5.75 Å². The van der Waals surface area contributed by atoms with Crippen molar-refractivity contribution in [2.75, 3.05) is 26.1 Å². The van der Waals surface area contributed by atoms with Gasteiger partial charge in [-0.1, -0.05) is 19.1 Å². The van der Waals surface area contributed by atoms with E-state index in [0.717, 1.165) is 28.3 Å². The summed E-state index contributed by atoms with van der Waals surface area (Å²) in [6, 6.07) is 16.1. The second-order valence-corrected chi connectivity index (χ2v) is 6.57. The molecular weight excluding hydrogens is 326 g/mol. The third-order valence-electron chi connectivity index (χ3n) is 4.69. The summed E-state index contributed by atoms with van der Waals surface area (Å²) < 4.78 is 5.22. The third kappa shape index (κ3) is 3.57. The number of amides is 1. The molecule has 1 amide bonds. The van der Waals surface area contributed by atoms with Gasteiger partial charge in [-0.3, -0.25) is 4.79 Å². The molecule has 0 aliphatic carbocycles. The molecule has 0 saturated heterocycles. The molecule has 1 atom stereocenters. The molecule has 5 nitrogen and oxygen atoms in total. The molecule has 5 heteroatoms. The van der Waals surface area contributed by atoms with Crippen LogP contribution < -0.4 is 9.64 Å². The quantitative estimate of drug-likeness (QED) is 0.822. The monoisotopic (exact) mass is 351 g/mol. The number of ether oxygens (including phenoxy) is 1. The zero-order valence-electron chi connectivity index (χ0n) is 15.8. The van der Waals surface area contributed by atoms with Crippen molar-refractivity contribution in [1.29, 1.82) is 0 Å². The van der Waals surface area contributed by atoms with Crippen LogP contribution in [0.2, 0.25) is 0 Å². The molecule has 26 heavy (non-hydrogen) atoms. The molecule has 1 aliphatic heterocycles. The van der Waals surface area contributed by atoms with E-state index in [4.69, 9.17) is 4.74 Å². The number of methoxy groups -OCH3 is 1. The Kier molecular flexibility index (Phi) is 5.26. The van der Waals surface area contributed by atoms with Gasteiger partial charge >= 0.3 is 0 Å². The lowest BCUT2D eigenvalue weighted by atomic mass is 9.98. The Morgan fingerprint density at radius 3 is 2.35 bits per heavy atom. The minimum absolute atomic E-state index is 0.0372. The van der Waals surface area contributed by atoms with Crippen molar-refractivity contribution >= 4 is 17.3 Å². The zero-order valence-corrected chi connectivity index (χ0v) is 15.8. The Hall–Kier alpha value is -2.82. The third-order valence-corrected chi connectivity index (χ3v) is 4.69. The number of nitrogens with zero attached hydrogens (tertiary/aromatic N) is 3. The van der Waals surface area contributed by atoms with Crippen LogP contribution in [0.1, 0.15) is 36.9 Å². The summed E-state index contributed by atoms with van der Waals surface area (Å²) >= 11 is 0. The van der Waals surface area contributed by atoms with Crippen molar-refractivity contribution in [3.63, 3.8) is 0 Å². The van der Waals surface area contributed by atoms with Crippen LogP contribution >= 0.6 is 0 Å². The molecule has 0 spiro atoms. The highest BCUT2D eigenvalue weighted by atomic mass is 16.5. The van der Waals surface area contributed by atoms with Crippen molar-refractivity contribution in [3.05, 3.63) is 59.7 Å². The average molecular weight is 351 g/mol. The van der Waals surface area contributed by atoms with Crippen LogP contribution in [0.5, 0.6) is 5.75 Å². The van der Waals surface area contributed by atoms with E-state index >= 15 is 0 Å². The normalized spacial score (nSPS) is 16.4. The number of benzene rings is 2. The Morgan fingerprint density at radius 1 is 1.15 bits per heavy atom. The summed E-state index contributed by atoms with van der Waals surface area (Å²) in [5, 5.41) is 6.29. The molecule has 0 aromatic heterocycles. The minimum Gasteiger partial charge on any atom is -0.497 e. The molecular formula is C21H25N3O2. The Labute approximate surface area is 154 Å². The Bertz CT molecular complexity index is 795. The number of carbonyl (C=O) groups is 1. The summed E-state index contributed by atoms with van der Waals surface area (Å²) in [4.78, 5) is 14.5. The molecule has 136 valence electrons. The fourth-order valence-electron chi connectivity index (χ4n) is 3.11. The molecule has 0 fully saturated rings. The van der Waals surface area contributed by atoms with Gasteiger partial charge in [-0.15, -0.1) is 0 Å². The van der Waals surface area contributed by atoms with Crippen LogP contribution in [0.4, 0.5) is 5.69 Å². The molecule has 0 N–H and O–H groups in total. The predicted octanol–water partition coefficient (Wildman–Crippen LogP) is 3.85. The van der Waals surface area contributed by atoms with Crippen molar-refractivity contribution in [1.82, 2.24) is 5.01 Å². The first kappa shape index (κ1) is 18.0. The van der Waals surface area contributed by atoms with Gasteiger partial charge in [0.05, 0.1) is 18.9 Å². The van der Waals surface area contributed by atoms with Gasteiger partial charge in [0, 0.05) is 32.6 Å². The van der Waals surface area contributed by atoms with Crippen molar-refractivity contribution in [3.8, 4) is 5.75 Å². The van der Waals surface area contributed by atoms with E-state index in [1.807, 2.05) is 45.3 Å². The van der Waals surface area contributed by atoms with Crippen molar-refractivity contribution < 1.29 is 9.53 Å². The molecule has 0 saturated carbocycles. The Balaban J connectivity index is 1.89. The summed E-state index contributed by atoms with van der Waals surface area (Å²) in [6.45, 7) is 1.87. The van der Waals surface area contributed by atoms with Crippen molar-refractivity contribution in [2.45, 2.75) is 25.8 Å². The lowest BCUT2D eigenvalue weighted by molar-refractivity contribution is -0.132. The average Bonchev–Trinajstić information content (AvgIpc) is 3.13. The summed E-state index contributed by atoms with van der Waals surface area (Å²) in [5.74, 6) is 0.847. The van der Waals surface area contributed by atoms with E-state index in [0.29, 0.717) is 12.8 Å². The smallest absolute Gasteiger partial charge is 0.242 e. The van der Waals surface area contributed by atoms with Gasteiger partial charge in [-0.05, 0) is 47.5 Å². The second kappa shape index (κ2) is 7.60. The number of carbonyl (C=O) groups excluding carboxylic acids is 1. The van der Waals surface area contributed by atoms with Crippen LogP contribution in [-0.4, -0.2) is 37.8 Å². The van der Waals surface area contributed by atoms with Gasteiger partial charge in [-0.2, -0.15) is 5.10 Å². The largest absolute Gasteiger partial charge is 0.497 e. The number of rotatable bonds is 5. The SMILES string of the molecule is CCC(=O)N1N=C(c2ccc(OC)cc2)C[C@@H]1c1ccc(N(C)C)cc1. The highest BCUT2D eigenvalue weighted by Gasteiger charge is 2.32. The summed E-state index contributed by atoms with van der Waals surface area (Å²) in [6.07, 6.45) is 1.14. The van der Waals surface area contributed by atoms with E-state index in [2.05, 4.69) is 34.3 Å². The van der Waals surface area contributed by atoms with Gasteiger partial charge in [0.15, 0.2) is 0 Å². The molecule has 0 unspecified atom stereocenters. The molecule has 1 aliphatic rings. The highest BCUT2D eigenvalue weighted by molar-refractivity contribution is 6.03. The maximum absolute atomic E-state index is 12.4. The zero-order chi connectivity index (χ0) is 18.7. The first-order valence-electron chi connectivity index (χ1n) is 8.84. The maximum Gasteiger partial charge on any atom is 0.242 e.